The highest BCUT2D eigenvalue weighted by molar-refractivity contribution is 5.08. The van der Waals surface area contributed by atoms with Crippen LogP contribution in [0.4, 0.5) is 0 Å². The van der Waals surface area contributed by atoms with Gasteiger partial charge >= 0.3 is 0 Å². The SMILES string of the molecule is CC1CN(Cc2cccnc2)CC(CN)O1. The number of hydrogen-bond donors (Lipinski definition) is 1. The van der Waals surface area contributed by atoms with Crippen LogP contribution in [0.15, 0.2) is 24.5 Å². The summed E-state index contributed by atoms with van der Waals surface area (Å²) in [6.45, 7) is 5.49. The zero-order valence-electron chi connectivity index (χ0n) is 9.67. The molecule has 0 aromatic carbocycles. The van der Waals surface area contributed by atoms with Crippen LogP contribution in [0.1, 0.15) is 12.5 Å². The van der Waals surface area contributed by atoms with Crippen molar-refractivity contribution in [1.82, 2.24) is 9.88 Å². The Morgan fingerprint density at radius 1 is 1.56 bits per heavy atom. The molecule has 4 heteroatoms. The van der Waals surface area contributed by atoms with E-state index >= 15 is 0 Å². The number of hydrogen-bond acceptors (Lipinski definition) is 4. The molecule has 4 nitrogen and oxygen atoms in total. The minimum atomic E-state index is 0.167. The van der Waals surface area contributed by atoms with Crippen LogP contribution >= 0.6 is 0 Å². The monoisotopic (exact) mass is 221 g/mol. The molecule has 1 aliphatic heterocycles. The van der Waals surface area contributed by atoms with Crippen molar-refractivity contribution in [1.29, 1.82) is 0 Å². The highest BCUT2D eigenvalue weighted by Crippen LogP contribution is 2.13. The van der Waals surface area contributed by atoms with Crippen LogP contribution < -0.4 is 5.73 Å². The molecule has 1 saturated heterocycles. The summed E-state index contributed by atoms with van der Waals surface area (Å²) in [4.78, 5) is 6.50. The number of ether oxygens (including phenoxy) is 1. The number of rotatable bonds is 3. The lowest BCUT2D eigenvalue weighted by Crippen LogP contribution is -2.48. The summed E-state index contributed by atoms with van der Waals surface area (Å²) in [5.74, 6) is 0. The van der Waals surface area contributed by atoms with E-state index in [-0.39, 0.29) is 12.2 Å². The Labute approximate surface area is 96.4 Å². The first kappa shape index (κ1) is 11.5. The maximum absolute atomic E-state index is 5.72. The predicted molar refractivity (Wildman–Crippen MR) is 62.9 cm³/mol. The Bertz CT molecular complexity index is 317. The van der Waals surface area contributed by atoms with E-state index in [1.54, 1.807) is 6.20 Å². The molecule has 2 heterocycles. The summed E-state index contributed by atoms with van der Waals surface area (Å²) in [5, 5.41) is 0. The quantitative estimate of drug-likeness (QED) is 0.813. The van der Waals surface area contributed by atoms with E-state index in [9.17, 15) is 0 Å². The highest BCUT2D eigenvalue weighted by atomic mass is 16.5. The maximum Gasteiger partial charge on any atom is 0.0828 e. The van der Waals surface area contributed by atoms with Gasteiger partial charge in [-0.3, -0.25) is 9.88 Å². The molecule has 2 unspecified atom stereocenters. The van der Waals surface area contributed by atoms with Crippen molar-refractivity contribution >= 4 is 0 Å². The third kappa shape index (κ3) is 3.01. The molecule has 0 amide bonds. The van der Waals surface area contributed by atoms with Crippen molar-refractivity contribution in [2.75, 3.05) is 19.6 Å². The van der Waals surface area contributed by atoms with Gasteiger partial charge in [-0.25, -0.2) is 0 Å². The molecule has 1 aliphatic rings. The van der Waals surface area contributed by atoms with E-state index in [0.29, 0.717) is 6.54 Å². The zero-order valence-corrected chi connectivity index (χ0v) is 9.67. The van der Waals surface area contributed by atoms with E-state index in [1.807, 2.05) is 12.3 Å². The Morgan fingerprint density at radius 3 is 3.12 bits per heavy atom. The molecule has 2 atom stereocenters. The molecule has 16 heavy (non-hydrogen) atoms. The molecule has 88 valence electrons. The summed E-state index contributed by atoms with van der Waals surface area (Å²) in [7, 11) is 0. The molecule has 0 bridgehead atoms. The summed E-state index contributed by atoms with van der Waals surface area (Å²) in [6, 6.07) is 4.07. The van der Waals surface area contributed by atoms with Gasteiger partial charge in [0.2, 0.25) is 0 Å². The van der Waals surface area contributed by atoms with E-state index in [0.717, 1.165) is 19.6 Å². The normalized spacial score (nSPS) is 26.9. The lowest BCUT2D eigenvalue weighted by atomic mass is 10.2. The molecule has 1 fully saturated rings. The molecule has 0 radical (unpaired) electrons. The van der Waals surface area contributed by atoms with Crippen molar-refractivity contribution in [3.8, 4) is 0 Å². The van der Waals surface area contributed by atoms with Crippen molar-refractivity contribution in [2.24, 2.45) is 5.73 Å². The molecule has 2 N–H and O–H groups in total. The van der Waals surface area contributed by atoms with Crippen LogP contribution in [0.25, 0.3) is 0 Å². The second kappa shape index (κ2) is 5.39. The second-order valence-corrected chi connectivity index (χ2v) is 4.36. The van der Waals surface area contributed by atoms with Gasteiger partial charge in [0, 0.05) is 38.6 Å². The van der Waals surface area contributed by atoms with Gasteiger partial charge in [0.05, 0.1) is 12.2 Å². The van der Waals surface area contributed by atoms with Gasteiger partial charge in [0.15, 0.2) is 0 Å². The third-order valence-electron chi connectivity index (χ3n) is 2.79. The van der Waals surface area contributed by atoms with Crippen LogP contribution in [0.2, 0.25) is 0 Å². The average molecular weight is 221 g/mol. The topological polar surface area (TPSA) is 51.4 Å². The van der Waals surface area contributed by atoms with Gasteiger partial charge in [0.25, 0.3) is 0 Å². The lowest BCUT2D eigenvalue weighted by molar-refractivity contribution is -0.0745. The Hall–Kier alpha value is -0.970. The Morgan fingerprint density at radius 2 is 2.44 bits per heavy atom. The van der Waals surface area contributed by atoms with E-state index < -0.39 is 0 Å². The van der Waals surface area contributed by atoms with Crippen LogP contribution in [0, 0.1) is 0 Å². The fraction of sp³-hybridized carbons (Fsp3) is 0.583. The average Bonchev–Trinajstić information content (AvgIpc) is 2.29. The zero-order chi connectivity index (χ0) is 11.4. The smallest absolute Gasteiger partial charge is 0.0828 e. The van der Waals surface area contributed by atoms with Crippen molar-refractivity contribution in [2.45, 2.75) is 25.7 Å². The fourth-order valence-corrected chi connectivity index (χ4v) is 2.15. The number of pyridine rings is 1. The first-order valence-electron chi connectivity index (χ1n) is 5.74. The largest absolute Gasteiger partial charge is 0.371 e. The van der Waals surface area contributed by atoms with Gasteiger partial charge in [-0.1, -0.05) is 6.07 Å². The van der Waals surface area contributed by atoms with Gasteiger partial charge < -0.3 is 10.5 Å². The minimum absolute atomic E-state index is 0.167. The van der Waals surface area contributed by atoms with Gasteiger partial charge in [-0.2, -0.15) is 0 Å². The molecule has 1 aromatic heterocycles. The van der Waals surface area contributed by atoms with Crippen molar-refractivity contribution < 1.29 is 4.74 Å². The first-order valence-corrected chi connectivity index (χ1v) is 5.74. The number of aromatic nitrogens is 1. The van der Waals surface area contributed by atoms with Crippen molar-refractivity contribution in [3.05, 3.63) is 30.1 Å². The second-order valence-electron chi connectivity index (χ2n) is 4.36. The number of nitrogens with two attached hydrogens (primary N) is 1. The van der Waals surface area contributed by atoms with Crippen LogP contribution in [-0.4, -0.2) is 41.7 Å². The number of morpholine rings is 1. The molecular formula is C12H19N3O. The Balaban J connectivity index is 1.94. The summed E-state index contributed by atoms with van der Waals surface area (Å²) in [6.07, 6.45) is 4.14. The highest BCUT2D eigenvalue weighted by Gasteiger charge is 2.23. The predicted octanol–water partition coefficient (Wildman–Crippen LogP) is 0.630. The van der Waals surface area contributed by atoms with Crippen molar-refractivity contribution in [3.63, 3.8) is 0 Å². The third-order valence-corrected chi connectivity index (χ3v) is 2.79. The molecule has 0 spiro atoms. The van der Waals surface area contributed by atoms with Gasteiger partial charge in [-0.05, 0) is 18.6 Å². The maximum atomic E-state index is 5.72. The molecule has 1 aromatic rings. The molecule has 0 saturated carbocycles. The molecule has 0 aliphatic carbocycles. The van der Waals surface area contributed by atoms with E-state index in [4.69, 9.17) is 10.5 Å². The van der Waals surface area contributed by atoms with Crippen LogP contribution in [-0.2, 0) is 11.3 Å². The molecular weight excluding hydrogens is 202 g/mol. The van der Waals surface area contributed by atoms with Gasteiger partial charge in [0.1, 0.15) is 0 Å². The van der Waals surface area contributed by atoms with E-state index in [2.05, 4.69) is 22.9 Å². The summed E-state index contributed by atoms with van der Waals surface area (Å²) in [5.41, 5.74) is 6.90. The van der Waals surface area contributed by atoms with E-state index in [1.165, 1.54) is 5.56 Å². The summed E-state index contributed by atoms with van der Waals surface area (Å²) < 4.78 is 5.72. The first-order chi connectivity index (χ1) is 7.78. The minimum Gasteiger partial charge on any atom is -0.371 e. The Kier molecular flexibility index (Phi) is 3.88. The van der Waals surface area contributed by atoms with Crippen LogP contribution in [0.5, 0.6) is 0 Å². The lowest BCUT2D eigenvalue weighted by Gasteiger charge is -2.36. The number of nitrogens with zero attached hydrogens (tertiary/aromatic N) is 2. The summed E-state index contributed by atoms with van der Waals surface area (Å²) >= 11 is 0. The van der Waals surface area contributed by atoms with Gasteiger partial charge in [-0.15, -0.1) is 0 Å². The molecule has 2 rings (SSSR count). The fourth-order valence-electron chi connectivity index (χ4n) is 2.15. The van der Waals surface area contributed by atoms with Crippen LogP contribution in [0.3, 0.4) is 0 Å². The standard InChI is InChI=1S/C12H19N3O/c1-10-7-15(9-12(5-13)16-10)8-11-3-2-4-14-6-11/h2-4,6,10,12H,5,7-9,13H2,1H3.